The molecule has 0 aliphatic heterocycles. The summed E-state index contributed by atoms with van der Waals surface area (Å²) in [5.41, 5.74) is 0.922. The van der Waals surface area contributed by atoms with Gasteiger partial charge in [-0.25, -0.2) is 9.97 Å². The van der Waals surface area contributed by atoms with Gasteiger partial charge in [0.15, 0.2) is 0 Å². The predicted octanol–water partition coefficient (Wildman–Crippen LogP) is 3.28. The van der Waals surface area contributed by atoms with Gasteiger partial charge in [0.2, 0.25) is 0 Å². The quantitative estimate of drug-likeness (QED) is 0.661. The highest BCUT2D eigenvalue weighted by atomic mass is 35.5. The molecule has 1 rings (SSSR count). The van der Waals surface area contributed by atoms with Crippen LogP contribution in [0, 0.1) is 12.8 Å². The van der Waals surface area contributed by atoms with Gasteiger partial charge in [0, 0.05) is 23.8 Å². The minimum absolute atomic E-state index is 0.196. The van der Waals surface area contributed by atoms with Gasteiger partial charge in [0.25, 0.3) is 0 Å². The molecule has 0 radical (unpaired) electrons. The molecule has 0 aromatic carbocycles. The Labute approximate surface area is 112 Å². The van der Waals surface area contributed by atoms with Crippen molar-refractivity contribution in [1.29, 1.82) is 0 Å². The van der Waals surface area contributed by atoms with Crippen molar-refractivity contribution < 1.29 is 5.11 Å². The molecule has 1 unspecified atom stereocenters. The van der Waals surface area contributed by atoms with Crippen LogP contribution in [0.15, 0.2) is 5.03 Å². The zero-order valence-electron chi connectivity index (χ0n) is 10.7. The molecule has 96 valence electrons. The first kappa shape index (κ1) is 14.7. The lowest BCUT2D eigenvalue weighted by molar-refractivity contribution is 0.250. The first-order valence-corrected chi connectivity index (χ1v) is 7.09. The van der Waals surface area contributed by atoms with Crippen molar-refractivity contribution in [2.45, 2.75) is 38.6 Å². The van der Waals surface area contributed by atoms with E-state index in [1.807, 2.05) is 27.7 Å². The number of hydrogen-bond donors (Lipinski definition) is 1. The molecule has 17 heavy (non-hydrogen) atoms. The summed E-state index contributed by atoms with van der Waals surface area (Å²) in [4.78, 5) is 8.80. The maximum Gasteiger partial charge on any atom is 0.136 e. The zero-order chi connectivity index (χ0) is 13.0. The molecule has 1 atom stereocenters. The van der Waals surface area contributed by atoms with Crippen molar-refractivity contribution in [3.8, 4) is 0 Å². The first-order valence-electron chi connectivity index (χ1n) is 5.73. The lowest BCUT2D eigenvalue weighted by Crippen LogP contribution is -2.06. The SMILES string of the molecule is Cc1c(Cl)nc(C(C)C)nc1SCC(C)CO. The number of rotatable bonds is 5. The number of aliphatic hydroxyl groups is 1. The summed E-state index contributed by atoms with van der Waals surface area (Å²) in [5, 5.41) is 10.5. The summed E-state index contributed by atoms with van der Waals surface area (Å²) in [6, 6.07) is 0. The second kappa shape index (κ2) is 6.57. The van der Waals surface area contributed by atoms with Gasteiger partial charge in [-0.2, -0.15) is 0 Å². The second-order valence-corrected chi connectivity index (χ2v) is 5.92. The van der Waals surface area contributed by atoms with Gasteiger partial charge >= 0.3 is 0 Å². The molecule has 0 aliphatic rings. The fraction of sp³-hybridized carbons (Fsp3) is 0.667. The van der Waals surface area contributed by atoms with Crippen molar-refractivity contribution in [2.24, 2.45) is 5.92 Å². The molecule has 1 aromatic heterocycles. The smallest absolute Gasteiger partial charge is 0.136 e. The Bertz CT molecular complexity index is 385. The molecular formula is C12H19ClN2OS. The average molecular weight is 275 g/mol. The molecule has 0 saturated carbocycles. The third-order valence-corrected chi connectivity index (χ3v) is 4.17. The van der Waals surface area contributed by atoms with Gasteiger partial charge in [0.1, 0.15) is 16.0 Å². The Balaban J connectivity index is 2.90. The lowest BCUT2D eigenvalue weighted by Gasteiger charge is -2.12. The molecular weight excluding hydrogens is 256 g/mol. The van der Waals surface area contributed by atoms with Crippen LogP contribution in [0.4, 0.5) is 0 Å². The highest BCUT2D eigenvalue weighted by Crippen LogP contribution is 2.27. The third-order valence-electron chi connectivity index (χ3n) is 2.39. The topological polar surface area (TPSA) is 46.0 Å². The van der Waals surface area contributed by atoms with Gasteiger partial charge in [0.05, 0.1) is 0 Å². The van der Waals surface area contributed by atoms with E-state index in [0.717, 1.165) is 22.2 Å². The van der Waals surface area contributed by atoms with Crippen LogP contribution in [0.5, 0.6) is 0 Å². The summed E-state index contributed by atoms with van der Waals surface area (Å²) in [6.07, 6.45) is 0. The Kier molecular flexibility index (Phi) is 5.70. The fourth-order valence-corrected chi connectivity index (χ4v) is 2.41. The molecule has 0 amide bonds. The maximum absolute atomic E-state index is 9.01. The molecule has 0 fully saturated rings. The summed E-state index contributed by atoms with van der Waals surface area (Å²) in [6.45, 7) is 8.23. The standard InChI is InChI=1S/C12H19ClN2OS/c1-7(2)11-14-10(13)9(4)12(15-11)17-6-8(3)5-16/h7-8,16H,5-6H2,1-4H3. The van der Waals surface area contributed by atoms with Crippen LogP contribution in [0.25, 0.3) is 0 Å². The monoisotopic (exact) mass is 274 g/mol. The molecule has 3 nitrogen and oxygen atoms in total. The van der Waals surface area contributed by atoms with Crippen LogP contribution >= 0.6 is 23.4 Å². The van der Waals surface area contributed by atoms with Crippen molar-refractivity contribution >= 4 is 23.4 Å². The number of aliphatic hydroxyl groups excluding tert-OH is 1. The van der Waals surface area contributed by atoms with E-state index in [9.17, 15) is 0 Å². The van der Waals surface area contributed by atoms with Gasteiger partial charge in [-0.1, -0.05) is 32.4 Å². The fourth-order valence-electron chi connectivity index (χ4n) is 1.16. The molecule has 0 spiro atoms. The molecule has 5 heteroatoms. The summed E-state index contributed by atoms with van der Waals surface area (Å²) in [7, 11) is 0. The van der Waals surface area contributed by atoms with Gasteiger partial charge in [-0.15, -0.1) is 11.8 Å². The summed E-state index contributed by atoms with van der Waals surface area (Å²) < 4.78 is 0. The van der Waals surface area contributed by atoms with Gasteiger partial charge in [-0.3, -0.25) is 0 Å². The van der Waals surface area contributed by atoms with Crippen molar-refractivity contribution in [2.75, 3.05) is 12.4 Å². The normalized spacial score (nSPS) is 13.1. The van der Waals surface area contributed by atoms with E-state index in [-0.39, 0.29) is 18.4 Å². The number of hydrogen-bond acceptors (Lipinski definition) is 4. The molecule has 1 aromatic rings. The largest absolute Gasteiger partial charge is 0.396 e. The molecule has 0 aliphatic carbocycles. The molecule has 1 heterocycles. The number of thioether (sulfide) groups is 1. The molecule has 0 bridgehead atoms. The zero-order valence-corrected chi connectivity index (χ0v) is 12.3. The van der Waals surface area contributed by atoms with E-state index in [4.69, 9.17) is 16.7 Å². The number of nitrogens with zero attached hydrogens (tertiary/aromatic N) is 2. The lowest BCUT2D eigenvalue weighted by atomic mass is 10.2. The summed E-state index contributed by atoms with van der Waals surface area (Å²) in [5.74, 6) is 2.14. The van der Waals surface area contributed by atoms with Crippen molar-refractivity contribution in [1.82, 2.24) is 9.97 Å². The van der Waals surface area contributed by atoms with Crippen LogP contribution in [0.2, 0.25) is 5.15 Å². The van der Waals surface area contributed by atoms with E-state index < -0.39 is 0 Å². The van der Waals surface area contributed by atoms with Crippen molar-refractivity contribution in [3.63, 3.8) is 0 Å². The van der Waals surface area contributed by atoms with Gasteiger partial charge in [-0.05, 0) is 12.8 Å². The Hall–Kier alpha value is -0.320. The highest BCUT2D eigenvalue weighted by Gasteiger charge is 2.13. The van der Waals surface area contributed by atoms with E-state index >= 15 is 0 Å². The molecule has 1 N–H and O–H groups in total. The van der Waals surface area contributed by atoms with Crippen LogP contribution in [0.3, 0.4) is 0 Å². The number of aromatic nitrogens is 2. The average Bonchev–Trinajstić information content (AvgIpc) is 2.30. The van der Waals surface area contributed by atoms with Crippen LogP contribution < -0.4 is 0 Å². The maximum atomic E-state index is 9.01. The van der Waals surface area contributed by atoms with E-state index in [2.05, 4.69) is 9.97 Å². The second-order valence-electron chi connectivity index (χ2n) is 4.56. The minimum Gasteiger partial charge on any atom is -0.396 e. The van der Waals surface area contributed by atoms with Crippen LogP contribution in [-0.4, -0.2) is 27.4 Å². The third kappa shape index (κ3) is 4.12. The Morgan fingerprint density at radius 3 is 2.47 bits per heavy atom. The van der Waals surface area contributed by atoms with E-state index in [0.29, 0.717) is 5.15 Å². The van der Waals surface area contributed by atoms with E-state index in [1.165, 1.54) is 0 Å². The highest BCUT2D eigenvalue weighted by molar-refractivity contribution is 7.99. The summed E-state index contributed by atoms with van der Waals surface area (Å²) >= 11 is 7.73. The Morgan fingerprint density at radius 2 is 1.94 bits per heavy atom. The first-order chi connectivity index (χ1) is 7.95. The molecule has 0 saturated heterocycles. The minimum atomic E-state index is 0.196. The van der Waals surface area contributed by atoms with Crippen molar-refractivity contribution in [3.05, 3.63) is 16.5 Å². The Morgan fingerprint density at radius 1 is 1.29 bits per heavy atom. The van der Waals surface area contributed by atoms with Gasteiger partial charge < -0.3 is 5.11 Å². The van der Waals surface area contributed by atoms with Crippen LogP contribution in [0.1, 0.15) is 38.1 Å². The van der Waals surface area contributed by atoms with E-state index in [1.54, 1.807) is 11.8 Å². The predicted molar refractivity (Wildman–Crippen MR) is 72.8 cm³/mol. The number of halogens is 1. The van der Waals surface area contributed by atoms with Crippen LogP contribution in [-0.2, 0) is 0 Å².